The van der Waals surface area contributed by atoms with Crippen LogP contribution in [0.3, 0.4) is 0 Å². The average molecular weight is 459 g/mol. The van der Waals surface area contributed by atoms with Crippen molar-refractivity contribution in [1.29, 1.82) is 0 Å². The summed E-state index contributed by atoms with van der Waals surface area (Å²) in [6.45, 7) is 8.99. The normalized spacial score (nSPS) is 15.2. The Kier molecular flexibility index (Phi) is 5.89. The molecule has 0 bridgehead atoms. The molecule has 168 valence electrons. The van der Waals surface area contributed by atoms with Crippen molar-refractivity contribution in [1.82, 2.24) is 9.97 Å². The lowest BCUT2D eigenvalue weighted by atomic mass is 9.89. The zero-order valence-electron chi connectivity index (χ0n) is 20.3. The van der Waals surface area contributed by atoms with E-state index in [1.807, 2.05) is 0 Å². The van der Waals surface area contributed by atoms with E-state index in [2.05, 4.69) is 125 Å². The lowest BCUT2D eigenvalue weighted by molar-refractivity contribution is 1.19. The van der Waals surface area contributed by atoms with Gasteiger partial charge in [0.15, 0.2) is 0 Å². The van der Waals surface area contributed by atoms with E-state index in [1.54, 1.807) is 0 Å². The molecule has 0 saturated heterocycles. The van der Waals surface area contributed by atoms with Gasteiger partial charge in [0, 0.05) is 23.8 Å². The molecule has 4 aromatic rings. The highest BCUT2D eigenvalue weighted by atomic mass is 28.3. The second-order valence-corrected chi connectivity index (χ2v) is 13.7. The average Bonchev–Trinajstić information content (AvgIpc) is 3.16. The van der Waals surface area contributed by atoms with Crippen LogP contribution >= 0.6 is 0 Å². The molecule has 0 unspecified atom stereocenters. The molecule has 0 saturated carbocycles. The molecular formula is C31H30N2Si. The maximum Gasteiger partial charge on any atom is 0.118 e. The van der Waals surface area contributed by atoms with E-state index in [0.717, 1.165) is 17.4 Å². The maximum absolute atomic E-state index is 4.72. The van der Waals surface area contributed by atoms with Crippen molar-refractivity contribution in [2.75, 3.05) is 0 Å². The van der Waals surface area contributed by atoms with Gasteiger partial charge in [-0.3, -0.25) is 9.97 Å². The lowest BCUT2D eigenvalue weighted by Crippen LogP contribution is -2.32. The maximum atomic E-state index is 4.72. The minimum Gasteiger partial charge on any atom is -0.261 e. The number of aromatic nitrogens is 2. The molecule has 3 heterocycles. The third-order valence-corrected chi connectivity index (χ3v) is 11.8. The molecule has 0 amide bonds. The molecule has 3 heteroatoms. The van der Waals surface area contributed by atoms with E-state index in [4.69, 9.17) is 9.97 Å². The summed E-state index contributed by atoms with van der Waals surface area (Å²) in [6, 6.07) is 31.7. The highest BCUT2D eigenvalue weighted by Crippen LogP contribution is 2.56. The molecule has 0 spiro atoms. The quantitative estimate of drug-likeness (QED) is 0.285. The monoisotopic (exact) mass is 458 g/mol. The Morgan fingerprint density at radius 1 is 0.559 bits per heavy atom. The Morgan fingerprint density at radius 3 is 1.29 bits per heavy atom. The Bertz CT molecular complexity index is 1260. The first-order valence-corrected chi connectivity index (χ1v) is 14.7. The van der Waals surface area contributed by atoms with Gasteiger partial charge in [0.05, 0.1) is 0 Å². The minimum atomic E-state index is -2.15. The summed E-state index contributed by atoms with van der Waals surface area (Å²) in [4.78, 5) is 9.43. The zero-order valence-corrected chi connectivity index (χ0v) is 21.3. The summed E-state index contributed by atoms with van der Waals surface area (Å²) in [6.07, 6.45) is 4.15. The summed E-state index contributed by atoms with van der Waals surface area (Å²) in [5.41, 5.74) is 9.80. The van der Waals surface area contributed by atoms with Crippen LogP contribution < -0.4 is 0 Å². The first kappa shape index (κ1) is 22.2. The van der Waals surface area contributed by atoms with E-state index < -0.39 is 8.07 Å². The predicted octanol–water partition coefficient (Wildman–Crippen LogP) is 7.81. The Labute approximate surface area is 203 Å². The molecule has 5 rings (SSSR count). The van der Waals surface area contributed by atoms with E-state index in [0.29, 0.717) is 0 Å². The predicted molar refractivity (Wildman–Crippen MR) is 147 cm³/mol. The zero-order chi connectivity index (χ0) is 23.7. The fraction of sp³-hybridized carbons (Fsp3) is 0.161. The first-order valence-electron chi connectivity index (χ1n) is 12.0. The standard InChI is InChI=1S/C31H30N2Si/c1-5-34(4)30(26-18-16-22(2)32-20-26)28(24-12-8-6-9-13-24)29(25-14-10-7-11-15-25)31(34)27-19-17-23(3)33-21-27/h6-21H,5H2,1-4H3. The van der Waals surface area contributed by atoms with Crippen molar-refractivity contribution in [3.63, 3.8) is 0 Å². The molecule has 0 fully saturated rings. The van der Waals surface area contributed by atoms with Crippen molar-refractivity contribution < 1.29 is 0 Å². The minimum absolute atomic E-state index is 1.04. The second-order valence-electron chi connectivity index (χ2n) is 9.29. The summed E-state index contributed by atoms with van der Waals surface area (Å²) in [5.74, 6) is 0. The molecule has 2 aromatic carbocycles. The van der Waals surface area contributed by atoms with Gasteiger partial charge in [-0.05, 0) is 69.8 Å². The van der Waals surface area contributed by atoms with Gasteiger partial charge in [0.1, 0.15) is 8.07 Å². The Hall–Kier alpha value is -3.56. The highest BCUT2D eigenvalue weighted by Gasteiger charge is 2.46. The van der Waals surface area contributed by atoms with Crippen LogP contribution in [0, 0.1) is 13.8 Å². The topological polar surface area (TPSA) is 25.8 Å². The van der Waals surface area contributed by atoms with Gasteiger partial charge in [-0.1, -0.05) is 92.3 Å². The summed E-state index contributed by atoms with van der Waals surface area (Å²) >= 11 is 0. The lowest BCUT2D eigenvalue weighted by Gasteiger charge is -2.29. The van der Waals surface area contributed by atoms with Gasteiger partial charge in [-0.25, -0.2) is 0 Å². The molecule has 0 aliphatic carbocycles. The van der Waals surface area contributed by atoms with Crippen LogP contribution in [0.2, 0.25) is 12.6 Å². The fourth-order valence-corrected chi connectivity index (χ4v) is 9.39. The third kappa shape index (κ3) is 3.76. The van der Waals surface area contributed by atoms with E-state index >= 15 is 0 Å². The number of rotatable bonds is 5. The van der Waals surface area contributed by atoms with Crippen LogP contribution in [0.4, 0.5) is 0 Å². The van der Waals surface area contributed by atoms with E-state index in [-0.39, 0.29) is 0 Å². The van der Waals surface area contributed by atoms with Gasteiger partial charge in [-0.15, -0.1) is 0 Å². The molecule has 1 aliphatic rings. The van der Waals surface area contributed by atoms with Crippen LogP contribution in [0.1, 0.15) is 40.6 Å². The van der Waals surface area contributed by atoms with Crippen LogP contribution in [0.25, 0.3) is 21.5 Å². The van der Waals surface area contributed by atoms with Crippen molar-refractivity contribution in [2.45, 2.75) is 33.4 Å². The third-order valence-electron chi connectivity index (χ3n) is 7.09. The largest absolute Gasteiger partial charge is 0.261 e. The van der Waals surface area contributed by atoms with Crippen molar-refractivity contribution >= 4 is 29.6 Å². The Balaban J connectivity index is 1.92. The Morgan fingerprint density at radius 2 is 0.971 bits per heavy atom. The van der Waals surface area contributed by atoms with Crippen LogP contribution in [-0.2, 0) is 0 Å². The smallest absolute Gasteiger partial charge is 0.118 e. The molecule has 1 aliphatic heterocycles. The highest BCUT2D eigenvalue weighted by molar-refractivity contribution is 7.13. The number of pyridine rings is 2. The summed E-state index contributed by atoms with van der Waals surface area (Å²) in [7, 11) is -2.15. The van der Waals surface area contributed by atoms with E-state index in [1.165, 1.54) is 43.8 Å². The van der Waals surface area contributed by atoms with Crippen molar-refractivity contribution in [3.8, 4) is 0 Å². The van der Waals surface area contributed by atoms with Gasteiger partial charge in [-0.2, -0.15) is 0 Å². The van der Waals surface area contributed by atoms with Gasteiger partial charge >= 0.3 is 0 Å². The summed E-state index contributed by atoms with van der Waals surface area (Å²) < 4.78 is 0. The number of hydrogen-bond donors (Lipinski definition) is 0. The van der Waals surface area contributed by atoms with E-state index in [9.17, 15) is 0 Å². The van der Waals surface area contributed by atoms with Gasteiger partial charge < -0.3 is 0 Å². The van der Waals surface area contributed by atoms with Crippen LogP contribution in [0.5, 0.6) is 0 Å². The van der Waals surface area contributed by atoms with Gasteiger partial charge in [0.25, 0.3) is 0 Å². The summed E-state index contributed by atoms with van der Waals surface area (Å²) in [5, 5.41) is 2.95. The molecule has 2 aromatic heterocycles. The SMILES string of the molecule is CC[Si]1(C)C(c2ccc(C)nc2)=C(c2ccccc2)C(c2ccccc2)=C1c1ccc(C)nc1. The number of aryl methyl sites for hydroxylation is 2. The molecular weight excluding hydrogens is 428 g/mol. The number of allylic oxidation sites excluding steroid dienone is 2. The first-order chi connectivity index (χ1) is 16.5. The van der Waals surface area contributed by atoms with Crippen molar-refractivity contribution in [2.24, 2.45) is 0 Å². The molecule has 0 N–H and O–H groups in total. The molecule has 34 heavy (non-hydrogen) atoms. The van der Waals surface area contributed by atoms with Crippen LogP contribution in [0.15, 0.2) is 97.3 Å². The number of hydrogen-bond acceptors (Lipinski definition) is 2. The van der Waals surface area contributed by atoms with Crippen LogP contribution in [-0.4, -0.2) is 18.0 Å². The molecule has 0 atom stereocenters. The molecule has 2 nitrogen and oxygen atoms in total. The number of nitrogens with zero attached hydrogens (tertiary/aromatic N) is 2. The fourth-order valence-electron chi connectivity index (χ4n) is 5.22. The van der Waals surface area contributed by atoms with Gasteiger partial charge in [0.2, 0.25) is 0 Å². The second kappa shape index (κ2) is 9.00. The number of benzene rings is 2. The molecule has 0 radical (unpaired) electrons. The van der Waals surface area contributed by atoms with Crippen molar-refractivity contribution in [3.05, 3.63) is 131 Å².